The zero-order valence-electron chi connectivity index (χ0n) is 21.2. The molecule has 0 spiro atoms. The fourth-order valence-corrected chi connectivity index (χ4v) is 4.81. The number of halogens is 2. The van der Waals surface area contributed by atoms with Gasteiger partial charge in [0.15, 0.2) is 12.4 Å². The molecule has 1 unspecified atom stereocenters. The molecule has 0 bridgehead atoms. The fourth-order valence-electron chi connectivity index (χ4n) is 4.81. The Morgan fingerprint density at radius 3 is 2.56 bits per heavy atom. The van der Waals surface area contributed by atoms with Crippen LogP contribution in [0.15, 0.2) is 11.0 Å². The van der Waals surface area contributed by atoms with E-state index < -0.39 is 78.0 Å². The quantitative estimate of drug-likeness (QED) is 0.102. The number of aliphatic carboxylic acids is 1. The highest BCUT2D eigenvalue weighted by Gasteiger charge is 2.57. The number of H-pyrrole nitrogens is 1. The first-order valence-corrected chi connectivity index (χ1v) is 12.5. The van der Waals surface area contributed by atoms with Gasteiger partial charge in [-0.05, 0) is 19.3 Å². The fraction of sp³-hybridized carbons (Fsp3) is 0.696. The first-order chi connectivity index (χ1) is 18.3. The van der Waals surface area contributed by atoms with E-state index in [0.29, 0.717) is 17.3 Å². The van der Waals surface area contributed by atoms with Gasteiger partial charge in [0.25, 0.3) is 5.92 Å². The lowest BCUT2D eigenvalue weighted by Gasteiger charge is -2.29. The number of nitrogens with two attached hydrogens (primary N) is 1. The van der Waals surface area contributed by atoms with Crippen molar-refractivity contribution in [2.75, 3.05) is 11.9 Å². The highest BCUT2D eigenvalue weighted by atomic mass is 19.3. The molecular formula is C23H33F2N5O9. The van der Waals surface area contributed by atoms with E-state index in [2.05, 4.69) is 9.97 Å². The molecule has 2 heterocycles. The molecule has 4 atom stereocenters. The summed E-state index contributed by atoms with van der Waals surface area (Å²) in [5.74, 6) is -2.53. The van der Waals surface area contributed by atoms with E-state index in [1.165, 1.54) is 6.92 Å². The molecule has 2 aliphatic rings. The lowest BCUT2D eigenvalue weighted by Crippen LogP contribution is -2.53. The number of hydrazine groups is 1. The lowest BCUT2D eigenvalue weighted by atomic mass is 9.86. The summed E-state index contributed by atoms with van der Waals surface area (Å²) in [4.78, 5) is 54.2. The molecule has 1 aliphatic heterocycles. The first kappa shape index (κ1) is 30.3. The van der Waals surface area contributed by atoms with Crippen LogP contribution in [-0.4, -0.2) is 79.2 Å². The van der Waals surface area contributed by atoms with Crippen molar-refractivity contribution in [3.63, 3.8) is 0 Å². The van der Waals surface area contributed by atoms with Crippen molar-refractivity contribution < 1.29 is 48.0 Å². The summed E-state index contributed by atoms with van der Waals surface area (Å²) in [6.07, 6.45) is -1.19. The summed E-state index contributed by atoms with van der Waals surface area (Å²) in [6.45, 7) is 0.507. The van der Waals surface area contributed by atoms with Crippen LogP contribution in [0.25, 0.3) is 0 Å². The maximum atomic E-state index is 14.8. The van der Waals surface area contributed by atoms with Gasteiger partial charge in [0.2, 0.25) is 12.0 Å². The second-order valence-corrected chi connectivity index (χ2v) is 9.79. The molecule has 1 saturated carbocycles. The Labute approximate surface area is 221 Å². The number of anilines is 1. The van der Waals surface area contributed by atoms with Gasteiger partial charge in [0.05, 0.1) is 18.6 Å². The number of carboxylic acid groups (broad SMARTS) is 1. The number of aliphatic hydroxyl groups is 2. The summed E-state index contributed by atoms with van der Waals surface area (Å²) < 4.78 is 39.4. The average Bonchev–Trinajstić information content (AvgIpc) is 3.20. The van der Waals surface area contributed by atoms with Gasteiger partial charge >= 0.3 is 17.8 Å². The number of carbonyl (C=O) groups is 3. The number of carboxylic acids is 1. The predicted molar refractivity (Wildman–Crippen MR) is 128 cm³/mol. The van der Waals surface area contributed by atoms with E-state index in [1.807, 2.05) is 5.32 Å². The van der Waals surface area contributed by atoms with Gasteiger partial charge in [-0.2, -0.15) is 4.98 Å². The van der Waals surface area contributed by atoms with Crippen LogP contribution in [0.4, 0.5) is 19.4 Å². The Balaban J connectivity index is 1.69. The molecule has 0 aromatic carbocycles. The molecular weight excluding hydrogens is 528 g/mol. The largest absolute Gasteiger partial charge is 0.478 e. The molecule has 1 saturated heterocycles. The zero-order valence-corrected chi connectivity index (χ0v) is 21.2. The number of aromatic amines is 1. The maximum Gasteiger partial charge on any atom is 0.413 e. The Morgan fingerprint density at radius 1 is 1.31 bits per heavy atom. The molecule has 7 N–H and O–H groups in total. The first-order valence-electron chi connectivity index (χ1n) is 12.5. The minimum atomic E-state index is -3.84. The van der Waals surface area contributed by atoms with Crippen LogP contribution in [0.1, 0.15) is 63.5 Å². The topological polar surface area (TPSA) is 217 Å². The summed E-state index contributed by atoms with van der Waals surface area (Å²) >= 11 is 0. The smallest absolute Gasteiger partial charge is 0.413 e. The monoisotopic (exact) mass is 561 g/mol. The second-order valence-electron chi connectivity index (χ2n) is 9.79. The van der Waals surface area contributed by atoms with Gasteiger partial charge in [-0.1, -0.05) is 32.1 Å². The van der Waals surface area contributed by atoms with E-state index in [4.69, 9.17) is 15.3 Å². The summed E-state index contributed by atoms with van der Waals surface area (Å²) in [6, 6.07) is -1.31. The SMILES string of the molecule is C[C@@H]([C@H](OC(=O)Nc1nc(=O)[nH]cc1C1OC[C@H](C(O)O)C1(F)F)C(=O)O)N(N)C(=O)CCC1CCCCC1. The number of amides is 2. The zero-order chi connectivity index (χ0) is 28.9. The molecule has 16 heteroatoms. The van der Waals surface area contributed by atoms with Crippen LogP contribution in [-0.2, 0) is 19.1 Å². The molecule has 2 amide bonds. The molecule has 2 fully saturated rings. The molecule has 1 aliphatic carbocycles. The summed E-state index contributed by atoms with van der Waals surface area (Å²) in [5.41, 5.74) is -1.58. The van der Waals surface area contributed by atoms with Gasteiger partial charge in [-0.25, -0.2) is 29.0 Å². The van der Waals surface area contributed by atoms with Gasteiger partial charge in [0, 0.05) is 18.2 Å². The van der Waals surface area contributed by atoms with Crippen LogP contribution in [0.2, 0.25) is 0 Å². The average molecular weight is 562 g/mol. The van der Waals surface area contributed by atoms with Gasteiger partial charge in [-0.3, -0.25) is 15.1 Å². The Morgan fingerprint density at radius 2 is 1.97 bits per heavy atom. The third-order valence-electron chi connectivity index (χ3n) is 7.12. The van der Waals surface area contributed by atoms with Crippen LogP contribution in [0.3, 0.4) is 0 Å². The summed E-state index contributed by atoms with van der Waals surface area (Å²) in [7, 11) is 0. The molecule has 1 aromatic heterocycles. The number of hydrogen-bond acceptors (Lipinski definition) is 10. The Kier molecular flexibility index (Phi) is 9.93. The number of aromatic nitrogens is 2. The number of hydrogen-bond donors (Lipinski definition) is 6. The number of nitrogens with zero attached hydrogens (tertiary/aromatic N) is 2. The van der Waals surface area contributed by atoms with E-state index in [0.717, 1.165) is 38.3 Å². The molecule has 1 aromatic rings. The second kappa shape index (κ2) is 12.8. The highest BCUT2D eigenvalue weighted by molar-refractivity contribution is 5.87. The van der Waals surface area contributed by atoms with Crippen molar-refractivity contribution in [2.45, 2.75) is 82.3 Å². The molecule has 0 radical (unpaired) electrons. The van der Waals surface area contributed by atoms with E-state index in [9.17, 15) is 43.3 Å². The molecule has 14 nitrogen and oxygen atoms in total. The number of carbonyl (C=O) groups excluding carboxylic acids is 2. The van der Waals surface area contributed by atoms with Gasteiger partial charge in [0.1, 0.15) is 5.82 Å². The van der Waals surface area contributed by atoms with Gasteiger partial charge < -0.3 is 29.8 Å². The van der Waals surface area contributed by atoms with Crippen molar-refractivity contribution in [3.8, 4) is 0 Å². The van der Waals surface area contributed by atoms with E-state index >= 15 is 0 Å². The number of ether oxygens (including phenoxy) is 2. The highest BCUT2D eigenvalue weighted by Crippen LogP contribution is 2.48. The third-order valence-corrected chi connectivity index (χ3v) is 7.12. The number of nitrogens with one attached hydrogen (secondary N) is 2. The number of aliphatic hydroxyl groups excluding tert-OH is 1. The van der Waals surface area contributed by atoms with Crippen molar-refractivity contribution >= 4 is 23.8 Å². The van der Waals surface area contributed by atoms with Crippen molar-refractivity contribution in [1.82, 2.24) is 15.0 Å². The lowest BCUT2D eigenvalue weighted by molar-refractivity contribution is -0.165. The van der Waals surface area contributed by atoms with Crippen molar-refractivity contribution in [1.29, 1.82) is 0 Å². The van der Waals surface area contributed by atoms with Gasteiger partial charge in [-0.15, -0.1) is 0 Å². The summed E-state index contributed by atoms with van der Waals surface area (Å²) in [5, 5.41) is 30.7. The number of alkyl halides is 2. The minimum absolute atomic E-state index is 0.0866. The van der Waals surface area contributed by atoms with Crippen molar-refractivity contribution in [2.24, 2.45) is 17.7 Å². The van der Waals surface area contributed by atoms with Crippen LogP contribution < -0.4 is 16.8 Å². The van der Waals surface area contributed by atoms with Crippen LogP contribution >= 0.6 is 0 Å². The standard InChI is InChI=1S/C23H33F2N5O9/c1-11(30(26)15(31)8-7-12-5-3-2-4-6-12)16(20(34)35)39-22(37)29-18-13(9-27-21(36)28-18)17-23(24,25)14(10-38-17)19(32)33/h9,11-12,14,16-17,19,32-33H,2-8,10,26H2,1H3,(H,34,35)(H2,27,28,29,36,37)/t11-,14+,16-,17?/m0/s1. The van der Waals surface area contributed by atoms with Crippen molar-refractivity contribution in [3.05, 3.63) is 22.2 Å². The minimum Gasteiger partial charge on any atom is -0.478 e. The Bertz CT molecular complexity index is 1100. The van der Waals surface area contributed by atoms with E-state index in [-0.39, 0.29) is 6.42 Å². The number of rotatable bonds is 10. The molecule has 39 heavy (non-hydrogen) atoms. The van der Waals surface area contributed by atoms with Crippen LogP contribution in [0, 0.1) is 11.8 Å². The maximum absolute atomic E-state index is 14.8. The normalized spacial score (nSPS) is 22.7. The van der Waals surface area contributed by atoms with E-state index in [1.54, 1.807) is 0 Å². The molecule has 3 rings (SSSR count). The third kappa shape index (κ3) is 7.26. The molecule has 218 valence electrons. The Hall–Kier alpha value is -3.21. The van der Waals surface area contributed by atoms with Crippen LogP contribution in [0.5, 0.6) is 0 Å². The predicted octanol–water partition coefficient (Wildman–Crippen LogP) is 0.856.